The number of nitrogens with zero attached hydrogens (tertiary/aromatic N) is 2. The summed E-state index contributed by atoms with van der Waals surface area (Å²) < 4.78 is 0. The van der Waals surface area contributed by atoms with Crippen molar-refractivity contribution >= 4 is 0 Å². The molecule has 0 amide bonds. The van der Waals surface area contributed by atoms with Crippen molar-refractivity contribution in [2.45, 2.75) is 19.3 Å². The van der Waals surface area contributed by atoms with Crippen LogP contribution in [-0.2, 0) is 12.8 Å². The fraction of sp³-hybridized carbons (Fsp3) is 0.267. The van der Waals surface area contributed by atoms with Crippen molar-refractivity contribution < 1.29 is 0 Å². The molecule has 0 saturated carbocycles. The molecule has 1 aromatic carbocycles. The first kappa shape index (κ1) is 11.7. The molecule has 0 fully saturated rings. The van der Waals surface area contributed by atoms with E-state index in [1.807, 2.05) is 30.3 Å². The summed E-state index contributed by atoms with van der Waals surface area (Å²) in [5, 5.41) is 8.96. The first-order valence-corrected chi connectivity index (χ1v) is 6.35. The Labute approximate surface area is 110 Å². The van der Waals surface area contributed by atoms with Gasteiger partial charge in [-0.2, -0.15) is 5.26 Å². The van der Waals surface area contributed by atoms with Crippen LogP contribution in [0.2, 0.25) is 0 Å². The topological polar surface area (TPSA) is 69.5 Å². The van der Waals surface area contributed by atoms with E-state index >= 15 is 0 Å². The zero-order valence-corrected chi connectivity index (χ0v) is 10.4. The highest BCUT2D eigenvalue weighted by molar-refractivity contribution is 5.54. The molecule has 0 unspecified atom stereocenters. The van der Waals surface area contributed by atoms with Crippen LogP contribution >= 0.6 is 0 Å². The fourth-order valence-electron chi connectivity index (χ4n) is 2.46. The first-order valence-electron chi connectivity index (χ1n) is 6.35. The summed E-state index contributed by atoms with van der Waals surface area (Å²) in [4.78, 5) is 19.5. The van der Waals surface area contributed by atoms with Crippen molar-refractivity contribution in [1.29, 1.82) is 5.26 Å². The number of hydrogen-bond donors (Lipinski definition) is 1. The van der Waals surface area contributed by atoms with Crippen LogP contribution in [0.3, 0.4) is 0 Å². The van der Waals surface area contributed by atoms with E-state index in [2.05, 4.69) is 16.0 Å². The lowest BCUT2D eigenvalue weighted by atomic mass is 9.88. The van der Waals surface area contributed by atoms with Gasteiger partial charge in [-0.25, -0.2) is 4.98 Å². The SMILES string of the molecule is N#C[C@H]1CCc2nc(-c3ccccc3)[nH]c(=O)c2C1. The molecule has 1 aromatic heterocycles. The molecule has 0 spiro atoms. The highest BCUT2D eigenvalue weighted by Gasteiger charge is 2.22. The molecule has 0 radical (unpaired) electrons. The van der Waals surface area contributed by atoms with Crippen molar-refractivity contribution in [3.05, 3.63) is 51.9 Å². The zero-order chi connectivity index (χ0) is 13.2. The summed E-state index contributed by atoms with van der Waals surface area (Å²) in [6.07, 6.45) is 2.01. The van der Waals surface area contributed by atoms with Gasteiger partial charge in [0.25, 0.3) is 5.56 Å². The Hall–Kier alpha value is -2.41. The smallest absolute Gasteiger partial charge is 0.254 e. The molecule has 1 aliphatic rings. The Balaban J connectivity index is 2.07. The van der Waals surface area contributed by atoms with Crippen molar-refractivity contribution in [3.8, 4) is 17.5 Å². The molecular weight excluding hydrogens is 238 g/mol. The molecule has 4 nitrogen and oxygen atoms in total. The van der Waals surface area contributed by atoms with E-state index in [-0.39, 0.29) is 11.5 Å². The van der Waals surface area contributed by atoms with Crippen LogP contribution in [0.5, 0.6) is 0 Å². The van der Waals surface area contributed by atoms with Gasteiger partial charge in [-0.05, 0) is 19.3 Å². The number of H-pyrrole nitrogens is 1. The second-order valence-corrected chi connectivity index (χ2v) is 4.77. The van der Waals surface area contributed by atoms with E-state index in [0.717, 1.165) is 17.7 Å². The summed E-state index contributed by atoms with van der Waals surface area (Å²) in [6, 6.07) is 11.8. The number of hydrogen-bond acceptors (Lipinski definition) is 3. The number of fused-ring (bicyclic) bond motifs is 1. The molecule has 1 heterocycles. The summed E-state index contributed by atoms with van der Waals surface area (Å²) >= 11 is 0. The third-order valence-electron chi connectivity index (χ3n) is 3.51. The zero-order valence-electron chi connectivity index (χ0n) is 10.4. The van der Waals surface area contributed by atoms with Crippen molar-refractivity contribution in [2.24, 2.45) is 5.92 Å². The van der Waals surface area contributed by atoms with Crippen LogP contribution < -0.4 is 5.56 Å². The normalized spacial score (nSPS) is 17.5. The molecule has 94 valence electrons. The van der Waals surface area contributed by atoms with Crippen molar-refractivity contribution in [1.82, 2.24) is 9.97 Å². The molecule has 1 N–H and O–H groups in total. The molecule has 2 aromatic rings. The summed E-state index contributed by atoms with van der Waals surface area (Å²) in [6.45, 7) is 0. The van der Waals surface area contributed by atoms with Gasteiger partial charge in [0, 0.05) is 11.1 Å². The van der Waals surface area contributed by atoms with Crippen molar-refractivity contribution in [2.75, 3.05) is 0 Å². The van der Waals surface area contributed by atoms with Gasteiger partial charge in [-0.1, -0.05) is 30.3 Å². The molecule has 3 rings (SSSR count). The number of aryl methyl sites for hydroxylation is 1. The van der Waals surface area contributed by atoms with Gasteiger partial charge < -0.3 is 4.98 Å². The maximum Gasteiger partial charge on any atom is 0.254 e. The Morgan fingerprint density at radius 2 is 2.11 bits per heavy atom. The number of aromatic amines is 1. The van der Waals surface area contributed by atoms with Crippen LogP contribution in [0, 0.1) is 17.2 Å². The number of rotatable bonds is 1. The predicted molar refractivity (Wildman–Crippen MR) is 71.4 cm³/mol. The minimum Gasteiger partial charge on any atom is -0.306 e. The third kappa shape index (κ3) is 2.15. The maximum absolute atomic E-state index is 12.1. The van der Waals surface area contributed by atoms with Crippen LogP contribution in [-0.4, -0.2) is 9.97 Å². The highest BCUT2D eigenvalue weighted by Crippen LogP contribution is 2.23. The minimum atomic E-state index is -0.108. The quantitative estimate of drug-likeness (QED) is 0.843. The van der Waals surface area contributed by atoms with Gasteiger partial charge in [0.1, 0.15) is 5.82 Å². The van der Waals surface area contributed by atoms with Gasteiger partial charge in [0.15, 0.2) is 0 Å². The number of aromatic nitrogens is 2. The average molecular weight is 251 g/mol. The Kier molecular flexibility index (Phi) is 2.88. The second-order valence-electron chi connectivity index (χ2n) is 4.77. The lowest BCUT2D eigenvalue weighted by Crippen LogP contribution is -2.25. The van der Waals surface area contributed by atoms with Gasteiger partial charge in [-0.3, -0.25) is 4.79 Å². The molecule has 19 heavy (non-hydrogen) atoms. The largest absolute Gasteiger partial charge is 0.306 e. The molecule has 1 aliphatic carbocycles. The summed E-state index contributed by atoms with van der Waals surface area (Å²) in [7, 11) is 0. The van der Waals surface area contributed by atoms with E-state index in [9.17, 15) is 4.79 Å². The lowest BCUT2D eigenvalue weighted by molar-refractivity contribution is 0.549. The van der Waals surface area contributed by atoms with Gasteiger partial charge in [-0.15, -0.1) is 0 Å². The molecule has 1 atom stereocenters. The van der Waals surface area contributed by atoms with Gasteiger partial charge >= 0.3 is 0 Å². The Morgan fingerprint density at radius 1 is 1.32 bits per heavy atom. The molecule has 0 aliphatic heterocycles. The van der Waals surface area contributed by atoms with Gasteiger partial charge in [0.05, 0.1) is 17.7 Å². The van der Waals surface area contributed by atoms with E-state index in [0.29, 0.717) is 24.2 Å². The molecule has 0 saturated heterocycles. The second kappa shape index (κ2) is 4.69. The van der Waals surface area contributed by atoms with E-state index in [1.54, 1.807) is 0 Å². The standard InChI is InChI=1S/C15H13N3O/c16-9-10-6-7-13-12(8-10)15(19)18-14(17-13)11-4-2-1-3-5-11/h1-5,10H,6-8H2,(H,17,18,19)/t10-/m0/s1. The van der Waals surface area contributed by atoms with Crippen LogP contribution in [0.25, 0.3) is 11.4 Å². The van der Waals surface area contributed by atoms with Crippen LogP contribution in [0.15, 0.2) is 35.1 Å². The molecule has 0 bridgehead atoms. The molecule has 4 heteroatoms. The van der Waals surface area contributed by atoms with E-state index < -0.39 is 0 Å². The Bertz CT molecular complexity index is 698. The monoisotopic (exact) mass is 251 g/mol. The first-order chi connectivity index (χ1) is 9.28. The van der Waals surface area contributed by atoms with E-state index in [1.165, 1.54) is 0 Å². The maximum atomic E-state index is 12.1. The highest BCUT2D eigenvalue weighted by atomic mass is 16.1. The summed E-state index contributed by atoms with van der Waals surface area (Å²) in [5.74, 6) is 0.553. The van der Waals surface area contributed by atoms with E-state index in [4.69, 9.17) is 5.26 Å². The average Bonchev–Trinajstić information content (AvgIpc) is 2.48. The number of nitriles is 1. The summed E-state index contributed by atoms with van der Waals surface area (Å²) in [5.41, 5.74) is 2.32. The van der Waals surface area contributed by atoms with Crippen LogP contribution in [0.4, 0.5) is 0 Å². The fourth-order valence-corrected chi connectivity index (χ4v) is 2.46. The number of benzene rings is 1. The van der Waals surface area contributed by atoms with Crippen LogP contribution in [0.1, 0.15) is 17.7 Å². The van der Waals surface area contributed by atoms with Gasteiger partial charge in [0.2, 0.25) is 0 Å². The number of nitrogens with one attached hydrogen (secondary N) is 1. The molecular formula is C15H13N3O. The lowest BCUT2D eigenvalue weighted by Gasteiger charge is -2.18. The Morgan fingerprint density at radius 3 is 2.84 bits per heavy atom. The predicted octanol–water partition coefficient (Wildman–Crippen LogP) is 2.07. The van der Waals surface area contributed by atoms with Crippen molar-refractivity contribution in [3.63, 3.8) is 0 Å². The third-order valence-corrected chi connectivity index (χ3v) is 3.51. The minimum absolute atomic E-state index is 0.0574.